The SMILES string of the molecule is CC(O)CNC(=O)[C@H]1CCCNC1. The molecule has 4 nitrogen and oxygen atoms in total. The van der Waals surface area contributed by atoms with E-state index in [0.29, 0.717) is 6.54 Å². The molecule has 1 aliphatic heterocycles. The van der Waals surface area contributed by atoms with Gasteiger partial charge in [0.2, 0.25) is 5.91 Å². The number of carbonyl (C=O) groups is 1. The second kappa shape index (κ2) is 5.19. The van der Waals surface area contributed by atoms with Crippen molar-refractivity contribution in [3.8, 4) is 0 Å². The Hall–Kier alpha value is -0.610. The molecular weight excluding hydrogens is 168 g/mol. The fourth-order valence-corrected chi connectivity index (χ4v) is 1.47. The lowest BCUT2D eigenvalue weighted by Gasteiger charge is -2.22. The molecule has 0 spiro atoms. The first-order valence-electron chi connectivity index (χ1n) is 4.86. The van der Waals surface area contributed by atoms with E-state index < -0.39 is 6.10 Å². The molecule has 0 aliphatic carbocycles. The Morgan fingerprint density at radius 3 is 3.08 bits per heavy atom. The lowest BCUT2D eigenvalue weighted by atomic mass is 9.99. The number of aliphatic hydroxyl groups is 1. The van der Waals surface area contributed by atoms with Gasteiger partial charge in [-0.1, -0.05) is 0 Å². The molecule has 2 atom stereocenters. The summed E-state index contributed by atoms with van der Waals surface area (Å²) in [7, 11) is 0. The number of aliphatic hydroxyl groups excluding tert-OH is 1. The largest absolute Gasteiger partial charge is 0.392 e. The standard InChI is InChI=1S/C9H18N2O2/c1-7(12)5-11-9(13)8-3-2-4-10-6-8/h7-8,10,12H,2-6H2,1H3,(H,11,13)/t7?,8-/m0/s1. The van der Waals surface area contributed by atoms with Crippen molar-refractivity contribution in [2.45, 2.75) is 25.9 Å². The fourth-order valence-electron chi connectivity index (χ4n) is 1.47. The van der Waals surface area contributed by atoms with Crippen LogP contribution in [0, 0.1) is 5.92 Å². The van der Waals surface area contributed by atoms with E-state index in [0.717, 1.165) is 25.9 Å². The van der Waals surface area contributed by atoms with Gasteiger partial charge in [0.05, 0.1) is 12.0 Å². The van der Waals surface area contributed by atoms with E-state index in [4.69, 9.17) is 5.11 Å². The number of amides is 1. The average Bonchev–Trinajstić information content (AvgIpc) is 2.15. The first kappa shape index (κ1) is 10.5. The van der Waals surface area contributed by atoms with Gasteiger partial charge in [-0.05, 0) is 26.3 Å². The maximum atomic E-state index is 11.4. The summed E-state index contributed by atoms with van der Waals surface area (Å²) in [5.74, 6) is 0.153. The summed E-state index contributed by atoms with van der Waals surface area (Å²) < 4.78 is 0. The molecule has 76 valence electrons. The van der Waals surface area contributed by atoms with E-state index in [1.54, 1.807) is 6.92 Å². The van der Waals surface area contributed by atoms with Crippen LogP contribution in [0.1, 0.15) is 19.8 Å². The van der Waals surface area contributed by atoms with Crippen LogP contribution in [0.2, 0.25) is 0 Å². The third kappa shape index (κ3) is 3.74. The van der Waals surface area contributed by atoms with Gasteiger partial charge in [-0.15, -0.1) is 0 Å². The molecule has 1 rings (SSSR count). The average molecular weight is 186 g/mol. The smallest absolute Gasteiger partial charge is 0.224 e. The second-order valence-corrected chi connectivity index (χ2v) is 3.64. The predicted molar refractivity (Wildman–Crippen MR) is 50.3 cm³/mol. The third-order valence-electron chi connectivity index (χ3n) is 2.24. The molecule has 0 radical (unpaired) electrons. The van der Waals surface area contributed by atoms with E-state index >= 15 is 0 Å². The molecule has 0 bridgehead atoms. The molecule has 0 aromatic heterocycles. The van der Waals surface area contributed by atoms with Gasteiger partial charge in [0, 0.05) is 13.1 Å². The highest BCUT2D eigenvalue weighted by atomic mass is 16.3. The zero-order chi connectivity index (χ0) is 9.68. The van der Waals surface area contributed by atoms with Gasteiger partial charge >= 0.3 is 0 Å². The van der Waals surface area contributed by atoms with Gasteiger partial charge < -0.3 is 15.7 Å². The number of carbonyl (C=O) groups excluding carboxylic acids is 1. The van der Waals surface area contributed by atoms with Crippen molar-refractivity contribution in [1.82, 2.24) is 10.6 Å². The van der Waals surface area contributed by atoms with E-state index in [-0.39, 0.29) is 11.8 Å². The Morgan fingerprint density at radius 1 is 1.77 bits per heavy atom. The van der Waals surface area contributed by atoms with Gasteiger partial charge in [-0.3, -0.25) is 4.79 Å². The molecule has 0 aromatic carbocycles. The lowest BCUT2D eigenvalue weighted by Crippen LogP contribution is -2.42. The first-order valence-corrected chi connectivity index (χ1v) is 4.86. The maximum absolute atomic E-state index is 11.4. The second-order valence-electron chi connectivity index (χ2n) is 3.64. The number of nitrogens with one attached hydrogen (secondary N) is 2. The number of hydrogen-bond donors (Lipinski definition) is 3. The van der Waals surface area contributed by atoms with Crippen molar-refractivity contribution in [2.24, 2.45) is 5.92 Å². The Morgan fingerprint density at radius 2 is 2.54 bits per heavy atom. The number of hydrogen-bond acceptors (Lipinski definition) is 3. The molecule has 1 amide bonds. The highest BCUT2D eigenvalue weighted by molar-refractivity contribution is 5.78. The van der Waals surface area contributed by atoms with Gasteiger partial charge in [-0.2, -0.15) is 0 Å². The minimum atomic E-state index is -0.458. The molecular formula is C9H18N2O2. The van der Waals surface area contributed by atoms with E-state index in [9.17, 15) is 4.79 Å². The normalized spacial score (nSPS) is 25.2. The molecule has 1 saturated heterocycles. The molecule has 1 heterocycles. The summed E-state index contributed by atoms with van der Waals surface area (Å²) in [6.45, 7) is 3.81. The van der Waals surface area contributed by atoms with Crippen LogP contribution in [0.5, 0.6) is 0 Å². The van der Waals surface area contributed by atoms with Crippen LogP contribution in [0.4, 0.5) is 0 Å². The predicted octanol–water partition coefficient (Wildman–Crippen LogP) is -0.517. The molecule has 0 aromatic rings. The first-order chi connectivity index (χ1) is 6.20. The van der Waals surface area contributed by atoms with Crippen LogP contribution >= 0.6 is 0 Å². The van der Waals surface area contributed by atoms with Crippen LogP contribution in [0.25, 0.3) is 0 Å². The summed E-state index contributed by atoms with van der Waals surface area (Å²) >= 11 is 0. The zero-order valence-electron chi connectivity index (χ0n) is 8.05. The van der Waals surface area contributed by atoms with Crippen molar-refractivity contribution < 1.29 is 9.90 Å². The highest BCUT2D eigenvalue weighted by Gasteiger charge is 2.20. The molecule has 0 saturated carbocycles. The Kier molecular flexibility index (Phi) is 4.18. The van der Waals surface area contributed by atoms with E-state index in [1.807, 2.05) is 0 Å². The van der Waals surface area contributed by atoms with Crippen molar-refractivity contribution in [3.05, 3.63) is 0 Å². The van der Waals surface area contributed by atoms with Crippen LogP contribution in [-0.2, 0) is 4.79 Å². The number of rotatable bonds is 3. The van der Waals surface area contributed by atoms with Gasteiger partial charge in [0.15, 0.2) is 0 Å². The molecule has 3 N–H and O–H groups in total. The topological polar surface area (TPSA) is 61.4 Å². The quantitative estimate of drug-likeness (QED) is 0.556. The monoisotopic (exact) mass is 186 g/mol. The van der Waals surface area contributed by atoms with E-state index in [1.165, 1.54) is 0 Å². The molecule has 1 fully saturated rings. The Bertz CT molecular complexity index is 165. The molecule has 4 heteroatoms. The van der Waals surface area contributed by atoms with Gasteiger partial charge in [0.25, 0.3) is 0 Å². The van der Waals surface area contributed by atoms with Crippen molar-refractivity contribution >= 4 is 5.91 Å². The Labute approximate surface area is 78.7 Å². The van der Waals surface area contributed by atoms with Gasteiger partial charge in [-0.25, -0.2) is 0 Å². The molecule has 1 aliphatic rings. The maximum Gasteiger partial charge on any atom is 0.224 e. The minimum absolute atomic E-state index is 0.0631. The minimum Gasteiger partial charge on any atom is -0.392 e. The highest BCUT2D eigenvalue weighted by Crippen LogP contribution is 2.09. The van der Waals surface area contributed by atoms with Crippen LogP contribution in [0.15, 0.2) is 0 Å². The summed E-state index contributed by atoms with van der Waals surface area (Å²) in [6.07, 6.45) is 1.56. The zero-order valence-corrected chi connectivity index (χ0v) is 8.05. The summed E-state index contributed by atoms with van der Waals surface area (Å²) in [4.78, 5) is 11.4. The number of piperidine rings is 1. The van der Waals surface area contributed by atoms with Crippen molar-refractivity contribution in [2.75, 3.05) is 19.6 Å². The summed E-state index contributed by atoms with van der Waals surface area (Å²) in [5.41, 5.74) is 0. The van der Waals surface area contributed by atoms with Crippen molar-refractivity contribution in [3.63, 3.8) is 0 Å². The van der Waals surface area contributed by atoms with Crippen LogP contribution < -0.4 is 10.6 Å². The van der Waals surface area contributed by atoms with E-state index in [2.05, 4.69) is 10.6 Å². The van der Waals surface area contributed by atoms with Crippen molar-refractivity contribution in [1.29, 1.82) is 0 Å². The molecule has 13 heavy (non-hydrogen) atoms. The fraction of sp³-hybridized carbons (Fsp3) is 0.889. The summed E-state index contributed by atoms with van der Waals surface area (Å²) in [6, 6.07) is 0. The van der Waals surface area contributed by atoms with Crippen LogP contribution in [0.3, 0.4) is 0 Å². The summed E-state index contributed by atoms with van der Waals surface area (Å²) in [5, 5.41) is 14.9. The lowest BCUT2D eigenvalue weighted by molar-refractivity contribution is -0.125. The van der Waals surface area contributed by atoms with Gasteiger partial charge in [0.1, 0.15) is 0 Å². The molecule has 1 unspecified atom stereocenters. The third-order valence-corrected chi connectivity index (χ3v) is 2.24. The Balaban J connectivity index is 2.21. The van der Waals surface area contributed by atoms with Crippen LogP contribution in [-0.4, -0.2) is 36.8 Å².